The molecule has 0 aliphatic rings. The summed E-state index contributed by atoms with van der Waals surface area (Å²) in [6.07, 6.45) is 0.317. The lowest BCUT2D eigenvalue weighted by atomic mass is 10.0. The van der Waals surface area contributed by atoms with Crippen molar-refractivity contribution in [3.63, 3.8) is 0 Å². The zero-order valence-corrected chi connectivity index (χ0v) is 50.6. The minimum absolute atomic E-state index is 0.0382. The fraction of sp³-hybridized carbons (Fsp3) is 0.603. The highest BCUT2D eigenvalue weighted by atomic mass is 16.6. The molecule has 10 N–H and O–H groups in total. The molecule has 0 aliphatic carbocycles. The fourth-order valence-corrected chi connectivity index (χ4v) is 8.15. The molecule has 480 valence electrons. The molecule has 0 aliphatic heterocycles. The quantitative estimate of drug-likeness (QED) is 0.0362. The average Bonchev–Trinajstić information content (AvgIpc) is 2.76. The number of nitrogens with zero attached hydrogens (tertiary/aromatic N) is 3. The second-order valence-electron chi connectivity index (χ2n) is 20.2. The Hall–Kier alpha value is -7.47. The highest BCUT2D eigenvalue weighted by Crippen LogP contribution is 2.20. The summed E-state index contributed by atoms with van der Waals surface area (Å²) >= 11 is 0. The van der Waals surface area contributed by atoms with Crippen molar-refractivity contribution in [2.75, 3.05) is 132 Å². The summed E-state index contributed by atoms with van der Waals surface area (Å²) in [7, 11) is 4.80. The van der Waals surface area contributed by atoms with Crippen molar-refractivity contribution in [2.24, 2.45) is 11.7 Å². The monoisotopic (exact) mass is 1210 g/mol. The van der Waals surface area contributed by atoms with Gasteiger partial charge in [0, 0.05) is 83.0 Å². The minimum Gasteiger partial charge on any atom is -0.480 e. The number of aromatic nitrogens is 1. The maximum atomic E-state index is 13.6. The summed E-state index contributed by atoms with van der Waals surface area (Å²) in [6, 6.07) is 12.8. The summed E-state index contributed by atoms with van der Waals surface area (Å²) in [5, 5.41) is 29.5. The van der Waals surface area contributed by atoms with Gasteiger partial charge in [-0.05, 0) is 74.4 Å². The molecule has 1 aromatic heterocycles. The molecule has 2 aromatic carbocycles. The number of ether oxygens (including phenoxy) is 7. The van der Waals surface area contributed by atoms with Crippen molar-refractivity contribution in [1.82, 2.24) is 46.3 Å². The first kappa shape index (κ1) is 72.8. The highest BCUT2D eigenvalue weighted by molar-refractivity contribution is 5.98. The van der Waals surface area contributed by atoms with Crippen LogP contribution in [0.25, 0.3) is 10.9 Å². The van der Waals surface area contributed by atoms with Crippen LogP contribution in [0.5, 0.6) is 0 Å². The molecule has 3 rings (SSSR count). The highest BCUT2D eigenvalue weighted by Gasteiger charge is 2.29. The number of carbonyl (C=O) groups is 9. The van der Waals surface area contributed by atoms with E-state index in [4.69, 9.17) is 44.0 Å². The molecule has 3 unspecified atom stereocenters. The van der Waals surface area contributed by atoms with Gasteiger partial charge in [0.25, 0.3) is 0 Å². The van der Waals surface area contributed by atoms with Crippen molar-refractivity contribution < 1.29 is 81.4 Å². The van der Waals surface area contributed by atoms with E-state index in [2.05, 4.69) is 47.9 Å². The minimum atomic E-state index is -1.12. The SMILES string of the molecule is CNCc1cc2ccccc2n1CCC(=O)NCC(=O)NCCOCCOCCOCCOCCOCCOCCC(=O)NC(C(=O)NC(CCCNC(N)=O)C(=O)Nc1ccc(COC(=O)N(C)CCCC(=O)N(C)C(C)C(=O)O)cc1)C(C)C. The normalized spacial score (nSPS) is 12.2. The molecule has 3 aromatic rings. The molecule has 0 fully saturated rings. The number of rotatable bonds is 46. The first-order chi connectivity index (χ1) is 41.3. The van der Waals surface area contributed by atoms with Crippen LogP contribution in [0.15, 0.2) is 54.6 Å². The van der Waals surface area contributed by atoms with Crippen LogP contribution in [-0.4, -0.2) is 218 Å². The summed E-state index contributed by atoms with van der Waals surface area (Å²) in [5.41, 5.74) is 8.33. The van der Waals surface area contributed by atoms with Crippen LogP contribution in [0.1, 0.15) is 70.6 Å². The van der Waals surface area contributed by atoms with Crippen LogP contribution >= 0.6 is 0 Å². The van der Waals surface area contributed by atoms with Crippen molar-refractivity contribution in [1.29, 1.82) is 0 Å². The third kappa shape index (κ3) is 30.1. The fourth-order valence-electron chi connectivity index (χ4n) is 8.15. The van der Waals surface area contributed by atoms with Crippen molar-refractivity contribution in [2.45, 2.75) is 97.1 Å². The number of carboxylic acid groups (broad SMARTS) is 1. The lowest BCUT2D eigenvalue weighted by Gasteiger charge is -2.25. The zero-order valence-electron chi connectivity index (χ0n) is 50.6. The Labute approximate surface area is 502 Å². The predicted octanol–water partition coefficient (Wildman–Crippen LogP) is 1.47. The molecular weight excluding hydrogens is 1120 g/mol. The molecule has 0 spiro atoms. The van der Waals surface area contributed by atoms with E-state index in [-0.39, 0.29) is 102 Å². The van der Waals surface area contributed by atoms with Gasteiger partial charge in [0.15, 0.2) is 0 Å². The lowest BCUT2D eigenvalue weighted by Crippen LogP contribution is -2.54. The number of amides is 9. The molecule has 28 heteroatoms. The van der Waals surface area contributed by atoms with Gasteiger partial charge in [0.2, 0.25) is 35.4 Å². The first-order valence-corrected chi connectivity index (χ1v) is 28.9. The number of carboxylic acids is 1. The second-order valence-corrected chi connectivity index (χ2v) is 20.2. The van der Waals surface area contributed by atoms with Gasteiger partial charge in [-0.1, -0.05) is 44.2 Å². The molecule has 0 bridgehead atoms. The molecule has 28 nitrogen and oxygen atoms in total. The van der Waals surface area contributed by atoms with Crippen LogP contribution in [0, 0.1) is 5.92 Å². The second kappa shape index (κ2) is 42.4. The summed E-state index contributed by atoms with van der Waals surface area (Å²) < 4.78 is 40.6. The molecule has 0 saturated heterocycles. The van der Waals surface area contributed by atoms with E-state index in [0.29, 0.717) is 96.8 Å². The van der Waals surface area contributed by atoms with Crippen LogP contribution < -0.4 is 43.0 Å². The number of aryl methyl sites for hydroxylation is 1. The number of urea groups is 1. The number of nitrogens with two attached hydrogens (primary N) is 1. The lowest BCUT2D eigenvalue weighted by molar-refractivity contribution is -0.148. The molecule has 3 atom stereocenters. The first-order valence-electron chi connectivity index (χ1n) is 28.9. The zero-order chi connectivity index (χ0) is 63.1. The Balaban J connectivity index is 1.20. The van der Waals surface area contributed by atoms with Gasteiger partial charge in [0.1, 0.15) is 24.7 Å². The third-order valence-electron chi connectivity index (χ3n) is 13.1. The van der Waals surface area contributed by atoms with Crippen LogP contribution in [0.3, 0.4) is 0 Å². The van der Waals surface area contributed by atoms with Gasteiger partial charge < -0.3 is 95.6 Å². The Kier molecular flexibility index (Phi) is 35.9. The number of hydrogen-bond acceptors (Lipinski definition) is 17. The molecule has 9 amide bonds. The number of anilines is 1. The Morgan fingerprint density at radius 3 is 1.85 bits per heavy atom. The Bertz CT molecular complexity index is 2550. The number of likely N-dealkylation sites (N-methyl/N-ethyl adjacent to an activating group) is 1. The number of primary amides is 1. The average molecular weight is 1210 g/mol. The van der Waals surface area contributed by atoms with Gasteiger partial charge in [-0.15, -0.1) is 0 Å². The number of nitrogens with one attached hydrogen (secondary N) is 7. The topological polar surface area (TPSA) is 360 Å². The molecule has 0 saturated carbocycles. The van der Waals surface area contributed by atoms with Gasteiger partial charge in [-0.3, -0.25) is 28.8 Å². The van der Waals surface area contributed by atoms with Gasteiger partial charge in [-0.25, -0.2) is 14.4 Å². The third-order valence-corrected chi connectivity index (χ3v) is 13.1. The van der Waals surface area contributed by atoms with Crippen molar-refractivity contribution >= 4 is 70.1 Å². The van der Waals surface area contributed by atoms with Gasteiger partial charge >= 0.3 is 18.1 Å². The number of benzene rings is 2. The van der Waals surface area contributed by atoms with E-state index in [1.54, 1.807) is 38.1 Å². The summed E-state index contributed by atoms with van der Waals surface area (Å²) in [4.78, 5) is 114. The molecule has 0 radical (unpaired) electrons. The van der Waals surface area contributed by atoms with E-state index >= 15 is 0 Å². The van der Waals surface area contributed by atoms with E-state index < -0.39 is 53.9 Å². The predicted molar refractivity (Wildman–Crippen MR) is 317 cm³/mol. The van der Waals surface area contributed by atoms with Crippen LogP contribution in [-0.2, 0) is 86.4 Å². The smallest absolute Gasteiger partial charge is 0.409 e. The molecular formula is C58H91N11O17. The number of hydrogen-bond donors (Lipinski definition) is 9. The van der Waals surface area contributed by atoms with Crippen molar-refractivity contribution in [3.8, 4) is 0 Å². The van der Waals surface area contributed by atoms with E-state index in [9.17, 15) is 43.2 Å². The summed E-state index contributed by atoms with van der Waals surface area (Å²) in [5.74, 6) is -3.93. The van der Waals surface area contributed by atoms with Gasteiger partial charge in [-0.2, -0.15) is 0 Å². The standard InChI is InChI=1S/C58H91N11O17/c1-41(2)53(55(75)65-47(12-9-21-62-57(59)78)54(74)64-45-17-15-43(16-18-45)40-86-58(79)67(5)23-10-14-52(73)68(6)42(3)56(76)77)66-50(71)20-25-80-27-29-82-31-33-84-35-36-85-34-32-83-30-28-81-26-22-61-51(72)39-63-49(70)19-24-69-46(38-60-4)37-44-11-7-8-13-48(44)69/h7-8,11,13,15-18,37,41-42,47,53,60H,9-10,12,14,19-36,38-40H2,1-6H3,(H,61,72)(H,63,70)(H,64,74)(H,65,75)(H,66,71)(H,76,77)(H3,59,62,78). The summed E-state index contributed by atoms with van der Waals surface area (Å²) in [6.45, 7) is 10.2. The van der Waals surface area contributed by atoms with Crippen LogP contribution in [0.2, 0.25) is 0 Å². The number of carbonyl (C=O) groups excluding carboxylic acids is 8. The van der Waals surface area contributed by atoms with Crippen molar-refractivity contribution in [3.05, 3.63) is 65.9 Å². The number of aliphatic carboxylic acids is 1. The Morgan fingerprint density at radius 2 is 1.26 bits per heavy atom. The number of fused-ring (bicyclic) bond motifs is 1. The molecule has 86 heavy (non-hydrogen) atoms. The van der Waals surface area contributed by atoms with E-state index in [1.165, 1.54) is 25.9 Å². The maximum Gasteiger partial charge on any atom is 0.409 e. The van der Waals surface area contributed by atoms with E-state index in [1.807, 2.05) is 31.3 Å². The molecule has 1 heterocycles. The van der Waals surface area contributed by atoms with Crippen LogP contribution in [0.4, 0.5) is 15.3 Å². The largest absolute Gasteiger partial charge is 0.480 e. The Morgan fingerprint density at radius 1 is 0.651 bits per heavy atom. The van der Waals surface area contributed by atoms with E-state index in [0.717, 1.165) is 21.5 Å². The number of para-hydroxylation sites is 1. The maximum absolute atomic E-state index is 13.6. The van der Waals surface area contributed by atoms with Gasteiger partial charge in [0.05, 0.1) is 85.8 Å².